The summed E-state index contributed by atoms with van der Waals surface area (Å²) in [4.78, 5) is 11.3. The first kappa shape index (κ1) is 25.7. The molecule has 0 radical (unpaired) electrons. The highest BCUT2D eigenvalue weighted by Gasteiger charge is 2.49. The van der Waals surface area contributed by atoms with Crippen molar-refractivity contribution < 1.29 is 35.8 Å². The fourth-order valence-electron chi connectivity index (χ4n) is 5.33. The van der Waals surface area contributed by atoms with E-state index in [4.69, 9.17) is 21.1 Å². The molecule has 3 aliphatic heterocycles. The molecule has 0 saturated carbocycles. The highest BCUT2D eigenvalue weighted by molar-refractivity contribution is 9.10. The number of alkyl halides is 3. The summed E-state index contributed by atoms with van der Waals surface area (Å²) in [6, 6.07) is -1.73. The Bertz CT molecular complexity index is 1220. The molecule has 3 atom stereocenters. The second-order valence-electron chi connectivity index (χ2n) is 9.07. The van der Waals surface area contributed by atoms with Crippen LogP contribution >= 0.6 is 27.5 Å². The highest BCUT2D eigenvalue weighted by atomic mass is 79.9. The quantitative estimate of drug-likeness (QED) is 0.311. The Kier molecular flexibility index (Phi) is 6.92. The molecule has 4 heterocycles. The number of hydrogen-bond acceptors (Lipinski definition) is 6. The molecule has 0 bridgehead atoms. The minimum absolute atomic E-state index is 0.00457. The number of rotatable bonds is 6. The van der Waals surface area contributed by atoms with E-state index < -0.39 is 49.2 Å². The highest BCUT2D eigenvalue weighted by Crippen LogP contribution is 2.47. The Labute approximate surface area is 215 Å². The first-order chi connectivity index (χ1) is 17.1. The first-order valence-electron chi connectivity index (χ1n) is 11.2. The Morgan fingerprint density at radius 1 is 1.33 bits per heavy atom. The van der Waals surface area contributed by atoms with Crippen LogP contribution in [0.5, 0.6) is 11.8 Å². The van der Waals surface area contributed by atoms with Gasteiger partial charge in [0.1, 0.15) is 35.7 Å². The SMILES string of the molecule is FC(F)=C[C@H]1COc2c(Cl)c(Br)c(F)c3nc(OC[C@@]45CCCN4C[C@H](F)C5)nc(c23)N1CC(F)F. The molecule has 36 heavy (non-hydrogen) atoms. The fourth-order valence-corrected chi connectivity index (χ4v) is 5.93. The molecule has 2 aromatic rings. The number of aromatic nitrogens is 2. The van der Waals surface area contributed by atoms with Gasteiger partial charge in [-0.05, 0) is 35.3 Å². The maximum Gasteiger partial charge on any atom is 0.319 e. The summed E-state index contributed by atoms with van der Waals surface area (Å²) in [6.07, 6.45) is -3.83. The van der Waals surface area contributed by atoms with Crippen molar-refractivity contribution in [3.8, 4) is 11.8 Å². The van der Waals surface area contributed by atoms with Crippen molar-refractivity contribution in [1.82, 2.24) is 14.9 Å². The van der Waals surface area contributed by atoms with Crippen LogP contribution in [0.15, 0.2) is 16.6 Å². The maximum absolute atomic E-state index is 15.3. The summed E-state index contributed by atoms with van der Waals surface area (Å²) >= 11 is 9.29. The van der Waals surface area contributed by atoms with Gasteiger partial charge in [0.25, 0.3) is 12.5 Å². The Hall–Kier alpha value is -1.99. The molecule has 2 fully saturated rings. The smallest absolute Gasteiger partial charge is 0.319 e. The number of fused-ring (bicyclic) bond motifs is 1. The molecule has 0 unspecified atom stereocenters. The number of anilines is 1. The van der Waals surface area contributed by atoms with Crippen molar-refractivity contribution in [3.05, 3.63) is 27.5 Å². The third kappa shape index (κ3) is 4.47. The molecule has 3 aliphatic rings. The van der Waals surface area contributed by atoms with Gasteiger partial charge in [0.15, 0.2) is 11.6 Å². The lowest BCUT2D eigenvalue weighted by atomic mass is 9.95. The van der Waals surface area contributed by atoms with Crippen LogP contribution < -0.4 is 14.4 Å². The van der Waals surface area contributed by atoms with Crippen molar-refractivity contribution in [2.75, 3.05) is 37.7 Å². The fraction of sp³-hybridized carbons (Fsp3) is 0.545. The van der Waals surface area contributed by atoms with Crippen molar-refractivity contribution in [1.29, 1.82) is 0 Å². The summed E-state index contributed by atoms with van der Waals surface area (Å²) in [5, 5.41) is -0.365. The first-order valence-corrected chi connectivity index (χ1v) is 12.4. The summed E-state index contributed by atoms with van der Waals surface area (Å²) in [5.41, 5.74) is -0.925. The second kappa shape index (κ2) is 9.71. The second-order valence-corrected chi connectivity index (χ2v) is 10.2. The van der Waals surface area contributed by atoms with Gasteiger partial charge in [-0.3, -0.25) is 4.90 Å². The number of ether oxygens (including phenoxy) is 2. The molecule has 5 rings (SSSR count). The molecule has 196 valence electrons. The Morgan fingerprint density at radius 3 is 2.83 bits per heavy atom. The van der Waals surface area contributed by atoms with Gasteiger partial charge in [0.05, 0.1) is 28.0 Å². The standard InChI is InChI=1S/C22H20BrClF6N4O2/c23-15-16(24)19-14-18(17(15)30)31-21(36-9-22-2-1-3-33(22)6-10(25)5-22)32-20(14)34(7-13(28)29)11(8-35-19)4-12(26)27/h4,10-11,13H,1-3,5-9H2/t10-,11+,22+/m1/s1. The summed E-state index contributed by atoms with van der Waals surface area (Å²) in [5.74, 6) is -1.34. The lowest BCUT2D eigenvalue weighted by Gasteiger charge is -2.31. The van der Waals surface area contributed by atoms with Gasteiger partial charge in [0, 0.05) is 19.0 Å². The average molecular weight is 602 g/mol. The summed E-state index contributed by atoms with van der Waals surface area (Å²) < 4.78 is 94.3. The van der Waals surface area contributed by atoms with Crippen molar-refractivity contribution >= 4 is 44.3 Å². The monoisotopic (exact) mass is 600 g/mol. The van der Waals surface area contributed by atoms with Crippen molar-refractivity contribution in [2.24, 2.45) is 0 Å². The number of hydrogen-bond donors (Lipinski definition) is 0. The Balaban J connectivity index is 1.63. The predicted molar refractivity (Wildman–Crippen MR) is 124 cm³/mol. The topological polar surface area (TPSA) is 50.7 Å². The van der Waals surface area contributed by atoms with Gasteiger partial charge in [-0.2, -0.15) is 18.7 Å². The zero-order chi connectivity index (χ0) is 25.8. The van der Waals surface area contributed by atoms with E-state index in [1.165, 1.54) is 0 Å². The van der Waals surface area contributed by atoms with E-state index in [0.29, 0.717) is 19.0 Å². The van der Waals surface area contributed by atoms with Crippen LogP contribution in [0.2, 0.25) is 5.02 Å². The largest absolute Gasteiger partial charge is 0.489 e. The molecular formula is C22H20BrClF6N4O2. The molecule has 1 aromatic heterocycles. The number of benzene rings is 1. The van der Waals surface area contributed by atoms with Crippen LogP contribution in [0.25, 0.3) is 10.9 Å². The molecule has 1 aromatic carbocycles. The van der Waals surface area contributed by atoms with Gasteiger partial charge in [-0.15, -0.1) is 0 Å². The van der Waals surface area contributed by atoms with Gasteiger partial charge in [0.2, 0.25) is 0 Å². The normalized spacial score (nSPS) is 25.8. The third-order valence-electron chi connectivity index (χ3n) is 6.84. The van der Waals surface area contributed by atoms with E-state index in [-0.39, 0.29) is 57.5 Å². The lowest BCUT2D eigenvalue weighted by Crippen LogP contribution is -2.43. The minimum atomic E-state index is -2.94. The molecule has 6 nitrogen and oxygen atoms in total. The van der Waals surface area contributed by atoms with Gasteiger partial charge >= 0.3 is 6.01 Å². The molecular weight excluding hydrogens is 582 g/mol. The molecule has 14 heteroatoms. The molecule has 0 amide bonds. The minimum Gasteiger partial charge on any atom is -0.489 e. The number of nitrogens with zero attached hydrogens (tertiary/aromatic N) is 4. The van der Waals surface area contributed by atoms with Gasteiger partial charge in [-0.25, -0.2) is 17.6 Å². The van der Waals surface area contributed by atoms with Crippen LogP contribution in [-0.4, -0.2) is 71.9 Å². The number of halogens is 8. The van der Waals surface area contributed by atoms with E-state index in [9.17, 15) is 22.0 Å². The van der Waals surface area contributed by atoms with E-state index in [0.717, 1.165) is 11.3 Å². The lowest BCUT2D eigenvalue weighted by molar-refractivity contribution is 0.107. The third-order valence-corrected chi connectivity index (χ3v) is 8.18. The molecule has 0 N–H and O–H groups in total. The van der Waals surface area contributed by atoms with Crippen LogP contribution in [-0.2, 0) is 0 Å². The predicted octanol–water partition coefficient (Wildman–Crippen LogP) is 5.75. The maximum atomic E-state index is 15.3. The van der Waals surface area contributed by atoms with E-state index in [1.54, 1.807) is 0 Å². The summed E-state index contributed by atoms with van der Waals surface area (Å²) in [6.45, 7) is -0.507. The van der Waals surface area contributed by atoms with Crippen LogP contribution in [0, 0.1) is 5.82 Å². The zero-order valence-electron chi connectivity index (χ0n) is 18.6. The molecule has 0 spiro atoms. The molecule has 0 aliphatic carbocycles. The van der Waals surface area contributed by atoms with Crippen LogP contribution in [0.4, 0.5) is 32.2 Å². The average Bonchev–Trinajstić information content (AvgIpc) is 3.29. The van der Waals surface area contributed by atoms with Gasteiger partial charge in [-0.1, -0.05) is 11.6 Å². The zero-order valence-corrected chi connectivity index (χ0v) is 20.9. The van der Waals surface area contributed by atoms with Crippen LogP contribution in [0.3, 0.4) is 0 Å². The Morgan fingerprint density at radius 2 is 2.11 bits per heavy atom. The van der Waals surface area contributed by atoms with Crippen LogP contribution in [0.1, 0.15) is 19.3 Å². The van der Waals surface area contributed by atoms with Crippen molar-refractivity contribution in [3.63, 3.8) is 0 Å². The van der Waals surface area contributed by atoms with E-state index >= 15 is 4.39 Å². The van der Waals surface area contributed by atoms with Crippen molar-refractivity contribution in [2.45, 2.75) is 43.4 Å². The molecule has 2 saturated heterocycles. The van der Waals surface area contributed by atoms with Gasteiger partial charge < -0.3 is 14.4 Å². The van der Waals surface area contributed by atoms with E-state index in [1.807, 2.05) is 4.90 Å². The summed E-state index contributed by atoms with van der Waals surface area (Å²) in [7, 11) is 0. The van der Waals surface area contributed by atoms with E-state index in [2.05, 4.69) is 25.9 Å².